The molecule has 0 saturated heterocycles. The fraction of sp³-hybridized carbons (Fsp3) is 0.417. The lowest BCUT2D eigenvalue weighted by molar-refractivity contribution is -0.688. The highest BCUT2D eigenvalue weighted by atomic mass is 15.1. The molecular formula is C24H34N4+2. The van der Waals surface area contributed by atoms with Gasteiger partial charge in [-0.15, -0.1) is 0 Å². The van der Waals surface area contributed by atoms with Gasteiger partial charge < -0.3 is 0 Å². The minimum Gasteiger partial charge on any atom is -0.264 e. The highest BCUT2D eigenvalue weighted by Gasteiger charge is 2.13. The predicted molar refractivity (Wildman–Crippen MR) is 116 cm³/mol. The van der Waals surface area contributed by atoms with Crippen molar-refractivity contribution >= 4 is 6.34 Å². The molecule has 2 heterocycles. The average Bonchev–Trinajstić information content (AvgIpc) is 3.12. The van der Waals surface area contributed by atoms with E-state index in [2.05, 4.69) is 94.1 Å². The number of nitrogens with one attached hydrogen (secondary N) is 1. The van der Waals surface area contributed by atoms with Gasteiger partial charge in [-0.2, -0.15) is 0 Å². The molecule has 0 aromatic carbocycles. The summed E-state index contributed by atoms with van der Waals surface area (Å²) in [7, 11) is 0. The Kier molecular flexibility index (Phi) is 7.65. The fourth-order valence-corrected chi connectivity index (χ4v) is 3.68. The van der Waals surface area contributed by atoms with Gasteiger partial charge in [-0.05, 0) is 36.5 Å². The zero-order valence-electron chi connectivity index (χ0n) is 17.3. The number of aromatic nitrogens is 2. The van der Waals surface area contributed by atoms with Crippen LogP contribution in [0.2, 0.25) is 0 Å². The van der Waals surface area contributed by atoms with E-state index in [1.165, 1.54) is 0 Å². The van der Waals surface area contributed by atoms with Crippen molar-refractivity contribution in [2.24, 2.45) is 5.92 Å². The van der Waals surface area contributed by atoms with Crippen molar-refractivity contribution in [3.05, 3.63) is 78.6 Å². The maximum Gasteiger partial charge on any atom is 0.244 e. The lowest BCUT2D eigenvalue weighted by Crippen LogP contribution is -2.33. The summed E-state index contributed by atoms with van der Waals surface area (Å²) in [6.07, 6.45) is 29.4. The van der Waals surface area contributed by atoms with Gasteiger partial charge >= 0.3 is 0 Å². The first-order valence-corrected chi connectivity index (χ1v) is 10.4. The third-order valence-corrected chi connectivity index (χ3v) is 5.23. The predicted octanol–water partition coefficient (Wildman–Crippen LogP) is 3.74. The molecule has 0 radical (unpaired) electrons. The van der Waals surface area contributed by atoms with Gasteiger partial charge in [0.25, 0.3) is 0 Å². The molecule has 0 amide bonds. The molecule has 1 aliphatic carbocycles. The molecule has 0 bridgehead atoms. The van der Waals surface area contributed by atoms with Crippen LogP contribution in [0.15, 0.2) is 78.6 Å². The molecule has 2 aliphatic rings. The molecule has 1 aromatic heterocycles. The van der Waals surface area contributed by atoms with Crippen LogP contribution in [0.5, 0.6) is 0 Å². The summed E-state index contributed by atoms with van der Waals surface area (Å²) >= 11 is 0. The zero-order chi connectivity index (χ0) is 19.6. The van der Waals surface area contributed by atoms with Crippen LogP contribution in [0.3, 0.4) is 0 Å². The Balaban J connectivity index is 1.52. The van der Waals surface area contributed by atoms with Crippen molar-refractivity contribution in [1.82, 2.24) is 9.88 Å². The van der Waals surface area contributed by atoms with Gasteiger partial charge in [-0.1, -0.05) is 49.8 Å². The quantitative estimate of drug-likeness (QED) is 0.541. The van der Waals surface area contributed by atoms with Crippen molar-refractivity contribution in [2.75, 3.05) is 13.1 Å². The van der Waals surface area contributed by atoms with Crippen LogP contribution in [0, 0.1) is 5.92 Å². The average molecular weight is 379 g/mol. The first-order valence-electron chi connectivity index (χ1n) is 10.4. The number of nitrogens with zero attached hydrogens (tertiary/aromatic N) is 3. The fourth-order valence-electron chi connectivity index (χ4n) is 3.68. The molecular weight excluding hydrogens is 344 g/mol. The van der Waals surface area contributed by atoms with E-state index < -0.39 is 0 Å². The van der Waals surface area contributed by atoms with Crippen molar-refractivity contribution < 1.29 is 9.14 Å². The van der Waals surface area contributed by atoms with Gasteiger partial charge in [0.05, 0.1) is 12.7 Å². The number of hydrogen-bond acceptors (Lipinski definition) is 1. The molecule has 0 unspecified atom stereocenters. The summed E-state index contributed by atoms with van der Waals surface area (Å²) in [6.45, 7) is 8.57. The number of rotatable bonds is 8. The van der Waals surface area contributed by atoms with E-state index in [1.807, 2.05) is 12.5 Å². The van der Waals surface area contributed by atoms with Crippen LogP contribution >= 0.6 is 0 Å². The van der Waals surface area contributed by atoms with E-state index in [0.29, 0.717) is 5.92 Å². The van der Waals surface area contributed by atoms with E-state index in [-0.39, 0.29) is 0 Å². The van der Waals surface area contributed by atoms with E-state index >= 15 is 0 Å². The second-order valence-electron chi connectivity index (χ2n) is 7.78. The number of hydrogen-bond donors (Lipinski definition) is 1. The Labute approximate surface area is 169 Å². The van der Waals surface area contributed by atoms with Crippen LogP contribution in [0.1, 0.15) is 33.1 Å². The summed E-state index contributed by atoms with van der Waals surface area (Å²) < 4.78 is 6.85. The van der Waals surface area contributed by atoms with E-state index in [4.69, 9.17) is 0 Å². The highest BCUT2D eigenvalue weighted by Crippen LogP contribution is 2.23. The van der Waals surface area contributed by atoms with Gasteiger partial charge in [0.1, 0.15) is 32.0 Å². The largest absolute Gasteiger partial charge is 0.264 e. The molecule has 4 nitrogen and oxygen atoms in total. The van der Waals surface area contributed by atoms with Gasteiger partial charge in [0, 0.05) is 6.42 Å². The summed E-state index contributed by atoms with van der Waals surface area (Å²) in [4.78, 5) is 0. The molecule has 0 saturated carbocycles. The molecule has 3 rings (SSSR count). The van der Waals surface area contributed by atoms with Gasteiger partial charge in [-0.3, -0.25) is 9.89 Å². The number of allylic oxidation sites excluding steroid dienone is 7. The molecule has 0 spiro atoms. The minimum absolute atomic E-state index is 0.597. The standard InChI is InChI=1S/C24H33N4/c1-22(2)24-12-7-4-3-6-11-23(24)19-28-18-17-27(21-28)15-9-5-8-14-26-16-10-13-25-20-26/h3-7,9-10,13,17-18,20-22H,8,11-12,14-16,19H2,1-2H3/q+1/p+1/b6-3-,7-4?,9-5+,24-23-. The number of imidazole rings is 1. The second kappa shape index (κ2) is 10.6. The van der Waals surface area contributed by atoms with Crippen molar-refractivity contribution in [3.63, 3.8) is 0 Å². The molecule has 4 heteroatoms. The van der Waals surface area contributed by atoms with E-state index in [0.717, 1.165) is 45.4 Å². The Morgan fingerprint density at radius 1 is 1.14 bits per heavy atom. The summed E-state index contributed by atoms with van der Waals surface area (Å²) in [5.74, 6) is 0.597. The normalized spacial score (nSPS) is 20.9. The van der Waals surface area contributed by atoms with Crippen LogP contribution in [0.4, 0.5) is 0 Å². The second-order valence-corrected chi connectivity index (χ2v) is 7.78. The first-order chi connectivity index (χ1) is 13.7. The molecule has 0 fully saturated rings. The van der Waals surface area contributed by atoms with Gasteiger partial charge in [-0.25, -0.2) is 9.13 Å². The van der Waals surface area contributed by atoms with Crippen LogP contribution in [-0.2, 0) is 13.1 Å². The Morgan fingerprint density at radius 2 is 2.00 bits per heavy atom. The molecule has 148 valence electrons. The zero-order valence-corrected chi connectivity index (χ0v) is 17.3. The Hall–Kier alpha value is -2.62. The van der Waals surface area contributed by atoms with Gasteiger partial charge in [0.2, 0.25) is 12.7 Å². The van der Waals surface area contributed by atoms with Crippen LogP contribution in [0.25, 0.3) is 0 Å². The van der Waals surface area contributed by atoms with Crippen LogP contribution in [-0.4, -0.2) is 28.6 Å². The molecule has 0 atom stereocenters. The van der Waals surface area contributed by atoms with Gasteiger partial charge in [0.15, 0.2) is 0 Å². The monoisotopic (exact) mass is 378 g/mol. The Morgan fingerprint density at radius 3 is 2.79 bits per heavy atom. The molecule has 1 aliphatic heterocycles. The third kappa shape index (κ3) is 6.22. The lowest BCUT2D eigenvalue weighted by atomic mass is 9.91. The van der Waals surface area contributed by atoms with Crippen molar-refractivity contribution in [1.29, 1.82) is 0 Å². The molecule has 1 aromatic rings. The van der Waals surface area contributed by atoms with E-state index in [9.17, 15) is 0 Å². The highest BCUT2D eigenvalue weighted by molar-refractivity contribution is 5.50. The summed E-state index contributed by atoms with van der Waals surface area (Å²) in [6, 6.07) is 0. The minimum atomic E-state index is 0.597. The van der Waals surface area contributed by atoms with Crippen LogP contribution < -0.4 is 9.88 Å². The van der Waals surface area contributed by atoms with Crippen molar-refractivity contribution in [2.45, 2.75) is 46.2 Å². The summed E-state index contributed by atoms with van der Waals surface area (Å²) in [5, 5.41) is 3.13. The molecule has 28 heavy (non-hydrogen) atoms. The topological polar surface area (TPSA) is 23.8 Å². The SMILES string of the molecule is CC(C)/C1=C(\C[n+]2ccn(C/C=C/CC[N+]3=CNC=CC3)c2)C/C=C\C=CC1. The smallest absolute Gasteiger partial charge is 0.244 e. The summed E-state index contributed by atoms with van der Waals surface area (Å²) in [5.41, 5.74) is 3.13. The third-order valence-electron chi connectivity index (χ3n) is 5.23. The first kappa shape index (κ1) is 20.1. The maximum atomic E-state index is 3.13. The Bertz CT molecular complexity index is 815. The van der Waals surface area contributed by atoms with Crippen molar-refractivity contribution in [3.8, 4) is 0 Å². The molecule has 1 N–H and O–H groups in total. The van der Waals surface area contributed by atoms with E-state index in [1.54, 1.807) is 11.1 Å². The lowest BCUT2D eigenvalue weighted by Gasteiger charge is -2.16. The maximum absolute atomic E-state index is 3.13.